The molecule has 2 aliphatic rings. The maximum atomic E-state index is 12.5. The van der Waals surface area contributed by atoms with Gasteiger partial charge in [0, 0.05) is 45.3 Å². The minimum atomic E-state index is -3.47. The molecule has 8 heteroatoms. The van der Waals surface area contributed by atoms with Crippen LogP contribution in [0.1, 0.15) is 0 Å². The van der Waals surface area contributed by atoms with Crippen LogP contribution in [0.15, 0.2) is 23.1 Å². The molecule has 3 rings (SSSR count). The molecule has 0 bridgehead atoms. The Hall–Kier alpha value is -0.370. The van der Waals surface area contributed by atoms with Crippen molar-refractivity contribution in [3.8, 4) is 0 Å². The van der Waals surface area contributed by atoms with Gasteiger partial charge in [-0.2, -0.15) is 4.31 Å². The second-order valence-corrected chi connectivity index (χ2v) is 8.09. The van der Waals surface area contributed by atoms with E-state index in [1.54, 1.807) is 0 Å². The standard InChI is InChI=1S/C13H17Cl2N3O2S/c14-12-2-1-11(7-13(12)15)21(19,20)18-8-10(9-18)17-5-3-16-4-6-17/h1-2,7,10,16H,3-6,8-9H2. The summed E-state index contributed by atoms with van der Waals surface area (Å²) >= 11 is 11.7. The molecule has 2 fully saturated rings. The van der Waals surface area contributed by atoms with Gasteiger partial charge in [0.05, 0.1) is 14.9 Å². The Morgan fingerprint density at radius 2 is 1.76 bits per heavy atom. The number of rotatable bonds is 3. The number of benzene rings is 1. The number of sulfonamides is 1. The normalized spacial score (nSPS) is 22.2. The molecule has 0 unspecified atom stereocenters. The second-order valence-electron chi connectivity index (χ2n) is 5.34. The number of hydrogen-bond acceptors (Lipinski definition) is 4. The van der Waals surface area contributed by atoms with Crippen LogP contribution in [0.4, 0.5) is 0 Å². The molecule has 2 aliphatic heterocycles. The molecule has 116 valence electrons. The van der Waals surface area contributed by atoms with Crippen LogP contribution in [0.5, 0.6) is 0 Å². The molecule has 5 nitrogen and oxygen atoms in total. The van der Waals surface area contributed by atoms with Crippen molar-refractivity contribution in [1.29, 1.82) is 0 Å². The van der Waals surface area contributed by atoms with Gasteiger partial charge in [-0.15, -0.1) is 0 Å². The lowest BCUT2D eigenvalue weighted by atomic mass is 10.1. The predicted octanol–water partition coefficient (Wildman–Crippen LogP) is 1.27. The highest BCUT2D eigenvalue weighted by Crippen LogP contribution is 2.29. The van der Waals surface area contributed by atoms with Crippen molar-refractivity contribution in [3.63, 3.8) is 0 Å². The smallest absolute Gasteiger partial charge is 0.243 e. The fourth-order valence-electron chi connectivity index (χ4n) is 2.68. The Labute approximate surface area is 134 Å². The molecule has 0 aromatic heterocycles. The lowest BCUT2D eigenvalue weighted by Gasteiger charge is -2.45. The first-order chi connectivity index (χ1) is 9.98. The van der Waals surface area contributed by atoms with Gasteiger partial charge in [-0.1, -0.05) is 23.2 Å². The van der Waals surface area contributed by atoms with Crippen LogP contribution in [-0.4, -0.2) is 62.9 Å². The van der Waals surface area contributed by atoms with Crippen LogP contribution in [0, 0.1) is 0 Å². The van der Waals surface area contributed by atoms with Crippen LogP contribution in [0.2, 0.25) is 10.0 Å². The largest absolute Gasteiger partial charge is 0.314 e. The topological polar surface area (TPSA) is 52.7 Å². The lowest BCUT2D eigenvalue weighted by Crippen LogP contribution is -2.63. The van der Waals surface area contributed by atoms with Gasteiger partial charge in [0.25, 0.3) is 0 Å². The van der Waals surface area contributed by atoms with E-state index >= 15 is 0 Å². The van der Waals surface area contributed by atoms with Gasteiger partial charge >= 0.3 is 0 Å². The second kappa shape index (κ2) is 6.02. The maximum absolute atomic E-state index is 12.5. The summed E-state index contributed by atoms with van der Waals surface area (Å²) in [7, 11) is -3.47. The van der Waals surface area contributed by atoms with E-state index in [0.717, 1.165) is 26.2 Å². The average Bonchev–Trinajstić information content (AvgIpc) is 2.41. The van der Waals surface area contributed by atoms with Gasteiger partial charge in [-0.05, 0) is 18.2 Å². The van der Waals surface area contributed by atoms with E-state index in [0.29, 0.717) is 24.2 Å². The molecule has 1 aromatic rings. The highest BCUT2D eigenvalue weighted by atomic mass is 35.5. The molecule has 0 spiro atoms. The average molecular weight is 350 g/mol. The molecule has 0 amide bonds. The monoisotopic (exact) mass is 349 g/mol. The summed E-state index contributed by atoms with van der Waals surface area (Å²) in [5.41, 5.74) is 0. The summed E-state index contributed by atoms with van der Waals surface area (Å²) in [4.78, 5) is 2.55. The zero-order valence-corrected chi connectivity index (χ0v) is 13.8. The first kappa shape index (κ1) is 15.5. The van der Waals surface area contributed by atoms with E-state index in [4.69, 9.17) is 23.2 Å². The number of halogens is 2. The zero-order chi connectivity index (χ0) is 15.0. The summed E-state index contributed by atoms with van der Waals surface area (Å²) in [5, 5.41) is 3.92. The van der Waals surface area contributed by atoms with E-state index < -0.39 is 10.0 Å². The molecule has 21 heavy (non-hydrogen) atoms. The minimum Gasteiger partial charge on any atom is -0.314 e. The molecule has 0 radical (unpaired) electrons. The summed E-state index contributed by atoms with van der Waals surface area (Å²) < 4.78 is 26.5. The van der Waals surface area contributed by atoms with Gasteiger partial charge in [-0.3, -0.25) is 4.90 Å². The molecule has 0 atom stereocenters. The maximum Gasteiger partial charge on any atom is 0.243 e. The van der Waals surface area contributed by atoms with E-state index in [2.05, 4.69) is 10.2 Å². The Balaban J connectivity index is 1.68. The van der Waals surface area contributed by atoms with Crippen molar-refractivity contribution in [2.45, 2.75) is 10.9 Å². The molecule has 0 aliphatic carbocycles. The molecule has 1 N–H and O–H groups in total. The fourth-order valence-corrected chi connectivity index (χ4v) is 4.58. The number of piperazine rings is 1. The molecule has 2 heterocycles. The Morgan fingerprint density at radius 1 is 1.10 bits per heavy atom. The van der Waals surface area contributed by atoms with Gasteiger partial charge in [0.2, 0.25) is 10.0 Å². The number of nitrogens with zero attached hydrogens (tertiary/aromatic N) is 2. The summed E-state index contributed by atoms with van der Waals surface area (Å²) in [6, 6.07) is 4.76. The summed E-state index contributed by atoms with van der Waals surface area (Å²) in [5.74, 6) is 0. The van der Waals surface area contributed by atoms with Gasteiger partial charge < -0.3 is 5.32 Å². The van der Waals surface area contributed by atoms with Crippen molar-refractivity contribution in [2.24, 2.45) is 0 Å². The fraction of sp³-hybridized carbons (Fsp3) is 0.538. The van der Waals surface area contributed by atoms with Crippen molar-refractivity contribution >= 4 is 33.2 Å². The van der Waals surface area contributed by atoms with Gasteiger partial charge in [0.1, 0.15) is 0 Å². The Morgan fingerprint density at radius 3 is 2.38 bits per heavy atom. The molecular weight excluding hydrogens is 333 g/mol. The minimum absolute atomic E-state index is 0.204. The SMILES string of the molecule is O=S(=O)(c1ccc(Cl)c(Cl)c1)N1CC(N2CCNCC2)C1. The lowest BCUT2D eigenvalue weighted by molar-refractivity contribution is 0.0773. The summed E-state index contributed by atoms with van der Waals surface area (Å²) in [6.45, 7) is 4.98. The Bertz CT molecular complexity index is 626. The third-order valence-corrected chi connectivity index (χ3v) is 6.59. The van der Waals surface area contributed by atoms with Crippen LogP contribution in [0.25, 0.3) is 0 Å². The van der Waals surface area contributed by atoms with Crippen LogP contribution < -0.4 is 5.32 Å². The van der Waals surface area contributed by atoms with Crippen LogP contribution >= 0.6 is 23.2 Å². The highest BCUT2D eigenvalue weighted by molar-refractivity contribution is 7.89. The van der Waals surface area contributed by atoms with Crippen molar-refractivity contribution in [1.82, 2.24) is 14.5 Å². The third kappa shape index (κ3) is 3.06. The van der Waals surface area contributed by atoms with E-state index in [-0.39, 0.29) is 9.92 Å². The Kier molecular flexibility index (Phi) is 4.45. The number of hydrogen-bond donors (Lipinski definition) is 1. The first-order valence-corrected chi connectivity index (χ1v) is 9.08. The summed E-state index contributed by atoms with van der Waals surface area (Å²) in [6.07, 6.45) is 0. The predicted molar refractivity (Wildman–Crippen MR) is 83.5 cm³/mol. The van der Waals surface area contributed by atoms with E-state index in [1.807, 2.05) is 0 Å². The van der Waals surface area contributed by atoms with E-state index in [9.17, 15) is 8.42 Å². The van der Waals surface area contributed by atoms with Gasteiger partial charge in [-0.25, -0.2) is 8.42 Å². The highest BCUT2D eigenvalue weighted by Gasteiger charge is 2.39. The van der Waals surface area contributed by atoms with Crippen LogP contribution in [-0.2, 0) is 10.0 Å². The van der Waals surface area contributed by atoms with Crippen molar-refractivity contribution in [3.05, 3.63) is 28.2 Å². The molecule has 1 aromatic carbocycles. The van der Waals surface area contributed by atoms with Gasteiger partial charge in [0.15, 0.2) is 0 Å². The van der Waals surface area contributed by atoms with Crippen molar-refractivity contribution in [2.75, 3.05) is 39.3 Å². The third-order valence-electron chi connectivity index (χ3n) is 4.03. The van der Waals surface area contributed by atoms with Crippen molar-refractivity contribution < 1.29 is 8.42 Å². The number of nitrogens with one attached hydrogen (secondary N) is 1. The quantitative estimate of drug-likeness (QED) is 0.892. The zero-order valence-electron chi connectivity index (χ0n) is 11.4. The van der Waals surface area contributed by atoms with Crippen LogP contribution in [0.3, 0.4) is 0 Å². The molecular formula is C13H17Cl2N3O2S. The first-order valence-electron chi connectivity index (χ1n) is 6.88. The molecule has 2 saturated heterocycles. The van der Waals surface area contributed by atoms with E-state index in [1.165, 1.54) is 22.5 Å². The molecule has 0 saturated carbocycles.